The zero-order chi connectivity index (χ0) is 11.8. The molecule has 1 heterocycles. The van der Waals surface area contributed by atoms with Crippen LogP contribution in [0.25, 0.3) is 0 Å². The normalized spacial score (nSPS) is 10.4. The topological polar surface area (TPSA) is 47.6 Å². The van der Waals surface area contributed by atoms with Crippen molar-refractivity contribution in [2.24, 2.45) is 0 Å². The lowest BCUT2D eigenvalue weighted by Gasteiger charge is -2.04. The van der Waals surface area contributed by atoms with Gasteiger partial charge in [-0.2, -0.15) is 0 Å². The summed E-state index contributed by atoms with van der Waals surface area (Å²) in [5, 5.41) is 4.64. The van der Waals surface area contributed by atoms with E-state index in [9.17, 15) is 4.79 Å². The molecule has 4 nitrogen and oxygen atoms in total. The van der Waals surface area contributed by atoms with Crippen LogP contribution in [0.15, 0.2) is 11.4 Å². The summed E-state index contributed by atoms with van der Waals surface area (Å²) in [5.41, 5.74) is 0.714. The predicted octanol–water partition coefficient (Wildman–Crippen LogP) is 1.75. The van der Waals surface area contributed by atoms with Gasteiger partial charge in [0.25, 0.3) is 5.91 Å². The fraction of sp³-hybridized carbons (Fsp3) is 0.500. The van der Waals surface area contributed by atoms with Crippen molar-refractivity contribution >= 4 is 39.8 Å². The third-order valence-corrected chi connectivity index (χ3v) is 3.58. The van der Waals surface area contributed by atoms with Crippen LogP contribution in [0.3, 0.4) is 0 Å². The van der Waals surface area contributed by atoms with Gasteiger partial charge in [-0.1, -0.05) is 0 Å². The molecule has 0 aliphatic heterocycles. The van der Waals surface area contributed by atoms with E-state index in [1.807, 2.05) is 11.4 Å². The largest absolute Gasteiger partial charge is 0.382 e. The average molecular weight is 355 g/mol. The first-order valence-electron chi connectivity index (χ1n) is 4.83. The summed E-state index contributed by atoms with van der Waals surface area (Å²) in [5.74, 6) is -0.0468. The summed E-state index contributed by atoms with van der Waals surface area (Å²) < 4.78 is 11.2. The van der Waals surface area contributed by atoms with Gasteiger partial charge in [0.1, 0.15) is 0 Å². The molecule has 0 atom stereocenters. The SMILES string of the molecule is COCCOCCNC(=O)c1csc(I)c1. The maximum Gasteiger partial charge on any atom is 0.252 e. The third kappa shape index (κ3) is 5.24. The van der Waals surface area contributed by atoms with E-state index in [0.29, 0.717) is 31.9 Å². The molecule has 0 saturated heterocycles. The Bertz CT molecular complexity index is 330. The molecular weight excluding hydrogens is 341 g/mol. The molecule has 0 unspecified atom stereocenters. The monoisotopic (exact) mass is 355 g/mol. The van der Waals surface area contributed by atoms with Crippen LogP contribution in [0.5, 0.6) is 0 Å². The van der Waals surface area contributed by atoms with Gasteiger partial charge < -0.3 is 14.8 Å². The first-order chi connectivity index (χ1) is 7.74. The number of halogens is 1. The van der Waals surface area contributed by atoms with Crippen molar-refractivity contribution in [2.45, 2.75) is 0 Å². The number of nitrogens with one attached hydrogen (secondary N) is 1. The minimum absolute atomic E-state index is 0.0468. The van der Waals surface area contributed by atoms with Gasteiger partial charge in [-0.3, -0.25) is 4.79 Å². The number of carbonyl (C=O) groups is 1. The summed E-state index contributed by atoms with van der Waals surface area (Å²) in [7, 11) is 1.63. The molecule has 16 heavy (non-hydrogen) atoms. The van der Waals surface area contributed by atoms with E-state index in [1.165, 1.54) is 0 Å². The Kier molecular flexibility index (Phi) is 6.93. The van der Waals surface area contributed by atoms with Crippen LogP contribution in [0.2, 0.25) is 0 Å². The van der Waals surface area contributed by atoms with Crippen LogP contribution in [0, 0.1) is 2.88 Å². The standard InChI is InChI=1S/C10H14INO3S/c1-14-4-5-15-3-2-12-10(13)8-6-9(11)16-7-8/h6-7H,2-5H2,1H3,(H,12,13). The number of amides is 1. The number of ether oxygens (including phenoxy) is 2. The number of methoxy groups -OCH3 is 1. The van der Waals surface area contributed by atoms with Gasteiger partial charge in [0.2, 0.25) is 0 Å². The maximum absolute atomic E-state index is 11.6. The van der Waals surface area contributed by atoms with Crippen molar-refractivity contribution < 1.29 is 14.3 Å². The molecule has 0 spiro atoms. The smallest absolute Gasteiger partial charge is 0.252 e. The molecular formula is C10H14INO3S. The van der Waals surface area contributed by atoms with Gasteiger partial charge >= 0.3 is 0 Å². The van der Waals surface area contributed by atoms with Gasteiger partial charge in [-0.15, -0.1) is 11.3 Å². The van der Waals surface area contributed by atoms with E-state index < -0.39 is 0 Å². The summed E-state index contributed by atoms with van der Waals surface area (Å²) in [6, 6.07) is 1.87. The number of hydrogen-bond donors (Lipinski definition) is 1. The zero-order valence-electron chi connectivity index (χ0n) is 8.99. The highest BCUT2D eigenvalue weighted by Gasteiger charge is 2.06. The van der Waals surface area contributed by atoms with Gasteiger partial charge in [0, 0.05) is 19.0 Å². The Hall–Kier alpha value is -0.180. The Balaban J connectivity index is 2.11. The van der Waals surface area contributed by atoms with Crippen LogP contribution in [0.4, 0.5) is 0 Å². The molecule has 1 aromatic rings. The lowest BCUT2D eigenvalue weighted by Crippen LogP contribution is -2.27. The van der Waals surface area contributed by atoms with Crippen molar-refractivity contribution in [3.63, 3.8) is 0 Å². The molecule has 1 N–H and O–H groups in total. The van der Waals surface area contributed by atoms with Crippen LogP contribution in [-0.2, 0) is 9.47 Å². The number of carbonyl (C=O) groups excluding carboxylic acids is 1. The minimum atomic E-state index is -0.0468. The van der Waals surface area contributed by atoms with E-state index in [2.05, 4.69) is 27.9 Å². The second-order valence-corrected chi connectivity index (χ2v) is 5.81. The average Bonchev–Trinajstić information content (AvgIpc) is 2.70. The molecule has 1 aromatic heterocycles. The van der Waals surface area contributed by atoms with Crippen LogP contribution >= 0.6 is 33.9 Å². The number of thiophene rings is 1. The molecule has 90 valence electrons. The third-order valence-electron chi connectivity index (χ3n) is 1.79. The van der Waals surface area contributed by atoms with Crippen LogP contribution in [-0.4, -0.2) is 39.4 Å². The Morgan fingerprint density at radius 1 is 1.50 bits per heavy atom. The molecule has 6 heteroatoms. The Morgan fingerprint density at radius 3 is 2.94 bits per heavy atom. The molecule has 0 bridgehead atoms. The Morgan fingerprint density at radius 2 is 2.31 bits per heavy atom. The maximum atomic E-state index is 11.6. The van der Waals surface area contributed by atoms with Gasteiger partial charge in [-0.05, 0) is 28.7 Å². The molecule has 0 aliphatic rings. The van der Waals surface area contributed by atoms with E-state index in [-0.39, 0.29) is 5.91 Å². The Labute approximate surface area is 112 Å². The highest BCUT2D eigenvalue weighted by molar-refractivity contribution is 14.1. The van der Waals surface area contributed by atoms with E-state index in [1.54, 1.807) is 18.4 Å². The van der Waals surface area contributed by atoms with Gasteiger partial charge in [-0.25, -0.2) is 0 Å². The molecule has 0 saturated carbocycles. The predicted molar refractivity (Wildman–Crippen MR) is 72.1 cm³/mol. The van der Waals surface area contributed by atoms with Crippen molar-refractivity contribution in [3.8, 4) is 0 Å². The molecule has 1 rings (SSSR count). The van der Waals surface area contributed by atoms with Crippen molar-refractivity contribution in [3.05, 3.63) is 19.9 Å². The van der Waals surface area contributed by atoms with Crippen molar-refractivity contribution in [2.75, 3.05) is 33.5 Å². The lowest BCUT2D eigenvalue weighted by atomic mass is 10.3. The molecule has 0 radical (unpaired) electrons. The van der Waals surface area contributed by atoms with E-state index in [4.69, 9.17) is 9.47 Å². The number of hydrogen-bond acceptors (Lipinski definition) is 4. The summed E-state index contributed by atoms with van der Waals surface area (Å²) >= 11 is 3.76. The van der Waals surface area contributed by atoms with Gasteiger partial charge in [0.05, 0.1) is 28.3 Å². The molecule has 0 aromatic carbocycles. The first kappa shape index (κ1) is 13.9. The lowest BCUT2D eigenvalue weighted by molar-refractivity contribution is 0.0693. The van der Waals surface area contributed by atoms with E-state index >= 15 is 0 Å². The second-order valence-electron chi connectivity index (χ2n) is 3.00. The van der Waals surface area contributed by atoms with Crippen LogP contribution in [0.1, 0.15) is 10.4 Å². The quantitative estimate of drug-likeness (QED) is 0.599. The molecule has 0 fully saturated rings. The molecule has 1 amide bonds. The minimum Gasteiger partial charge on any atom is -0.382 e. The summed E-state index contributed by atoms with van der Waals surface area (Å²) in [6.07, 6.45) is 0. The number of rotatable bonds is 7. The highest BCUT2D eigenvalue weighted by Crippen LogP contribution is 2.16. The van der Waals surface area contributed by atoms with Crippen molar-refractivity contribution in [1.29, 1.82) is 0 Å². The molecule has 0 aliphatic carbocycles. The fourth-order valence-electron chi connectivity index (χ4n) is 1.01. The van der Waals surface area contributed by atoms with Gasteiger partial charge in [0.15, 0.2) is 0 Å². The van der Waals surface area contributed by atoms with E-state index in [0.717, 1.165) is 2.88 Å². The highest BCUT2D eigenvalue weighted by atomic mass is 127. The fourth-order valence-corrected chi connectivity index (χ4v) is 2.34. The first-order valence-corrected chi connectivity index (χ1v) is 6.79. The second kappa shape index (κ2) is 7.99. The zero-order valence-corrected chi connectivity index (χ0v) is 12.0. The summed E-state index contributed by atoms with van der Waals surface area (Å²) in [4.78, 5) is 11.6. The van der Waals surface area contributed by atoms with Crippen molar-refractivity contribution in [1.82, 2.24) is 5.32 Å². The van der Waals surface area contributed by atoms with Crippen LogP contribution < -0.4 is 5.32 Å². The summed E-state index contributed by atoms with van der Waals surface area (Å²) in [6.45, 7) is 2.17.